The topological polar surface area (TPSA) is 21.3 Å². The minimum Gasteiger partial charge on any atom is -0.376 e. The maximum atomic E-state index is 5.87. The fourth-order valence-corrected chi connectivity index (χ4v) is 3.69. The third kappa shape index (κ3) is 3.09. The fraction of sp³-hybridized carbons (Fsp3) is 0.714. The molecule has 2 atom stereocenters. The van der Waals surface area contributed by atoms with Crippen LogP contribution in [0.5, 0.6) is 0 Å². The number of hydrogen-bond acceptors (Lipinski definition) is 3. The summed E-state index contributed by atoms with van der Waals surface area (Å²) in [4.78, 5) is 2.88. The van der Waals surface area contributed by atoms with E-state index in [0.29, 0.717) is 12.1 Å². The first kappa shape index (κ1) is 13.1. The number of ether oxygens (including phenoxy) is 1. The Morgan fingerprint density at radius 3 is 2.88 bits per heavy atom. The van der Waals surface area contributed by atoms with Gasteiger partial charge in [0.05, 0.1) is 12.1 Å². The summed E-state index contributed by atoms with van der Waals surface area (Å²) < 4.78 is 5.87. The number of rotatable bonds is 5. The molecule has 1 aliphatic rings. The van der Waals surface area contributed by atoms with E-state index < -0.39 is 0 Å². The zero-order valence-electron chi connectivity index (χ0n) is 11.1. The molecule has 0 aromatic carbocycles. The lowest BCUT2D eigenvalue weighted by Gasteiger charge is -2.24. The summed E-state index contributed by atoms with van der Waals surface area (Å²) in [6, 6.07) is 2.69. The van der Waals surface area contributed by atoms with Gasteiger partial charge >= 0.3 is 0 Å². The van der Waals surface area contributed by atoms with Gasteiger partial charge < -0.3 is 10.1 Å². The Balaban J connectivity index is 2.16. The monoisotopic (exact) mass is 253 g/mol. The third-order valence-electron chi connectivity index (χ3n) is 3.31. The molecule has 17 heavy (non-hydrogen) atoms. The zero-order valence-corrected chi connectivity index (χ0v) is 11.9. The second kappa shape index (κ2) is 5.98. The van der Waals surface area contributed by atoms with Gasteiger partial charge in [-0.2, -0.15) is 0 Å². The molecule has 3 heteroatoms. The van der Waals surface area contributed by atoms with Gasteiger partial charge in [0, 0.05) is 16.4 Å². The second-order valence-electron chi connectivity index (χ2n) is 4.89. The molecule has 0 bridgehead atoms. The van der Waals surface area contributed by atoms with Crippen molar-refractivity contribution in [2.45, 2.75) is 52.2 Å². The first-order valence-electron chi connectivity index (χ1n) is 6.64. The summed E-state index contributed by atoms with van der Waals surface area (Å²) in [6.45, 7) is 8.62. The van der Waals surface area contributed by atoms with Gasteiger partial charge in [-0.05, 0) is 51.3 Å². The first-order chi connectivity index (χ1) is 8.22. The molecule has 0 amide bonds. The Kier molecular flexibility index (Phi) is 4.60. The molecule has 2 unspecified atom stereocenters. The van der Waals surface area contributed by atoms with Crippen LogP contribution in [0.4, 0.5) is 0 Å². The Bertz CT molecular complexity index is 355. The van der Waals surface area contributed by atoms with Crippen molar-refractivity contribution in [1.29, 1.82) is 0 Å². The molecule has 1 saturated heterocycles. The smallest absolute Gasteiger partial charge is 0.0778 e. The molecule has 0 radical (unpaired) electrons. The lowest BCUT2D eigenvalue weighted by molar-refractivity contribution is 0.0792. The van der Waals surface area contributed by atoms with Crippen LogP contribution in [0.25, 0.3) is 0 Å². The molecule has 1 aromatic heterocycles. The molecule has 1 fully saturated rings. The molecule has 2 heterocycles. The predicted octanol–water partition coefficient (Wildman–Crippen LogP) is 3.58. The van der Waals surface area contributed by atoms with Gasteiger partial charge in [-0.15, -0.1) is 11.3 Å². The Morgan fingerprint density at radius 1 is 1.53 bits per heavy atom. The van der Waals surface area contributed by atoms with Crippen molar-refractivity contribution in [1.82, 2.24) is 5.32 Å². The summed E-state index contributed by atoms with van der Waals surface area (Å²) in [5.41, 5.74) is 1.41. The molecule has 2 rings (SSSR count). The Labute approximate surface area is 108 Å². The largest absolute Gasteiger partial charge is 0.376 e. The quantitative estimate of drug-likeness (QED) is 0.866. The van der Waals surface area contributed by atoms with Gasteiger partial charge in [-0.3, -0.25) is 0 Å². The molecule has 1 N–H and O–H groups in total. The highest BCUT2D eigenvalue weighted by Gasteiger charge is 2.28. The average Bonchev–Trinajstić information content (AvgIpc) is 2.90. The van der Waals surface area contributed by atoms with Gasteiger partial charge in [0.2, 0.25) is 0 Å². The van der Waals surface area contributed by atoms with Crippen molar-refractivity contribution in [3.8, 4) is 0 Å². The van der Waals surface area contributed by atoms with E-state index in [-0.39, 0.29) is 0 Å². The minimum atomic E-state index is 0.373. The van der Waals surface area contributed by atoms with E-state index in [0.717, 1.165) is 13.2 Å². The number of aryl methyl sites for hydroxylation is 2. The number of thiophene rings is 1. The summed E-state index contributed by atoms with van der Waals surface area (Å²) >= 11 is 1.92. The highest BCUT2D eigenvalue weighted by atomic mass is 32.1. The van der Waals surface area contributed by atoms with Crippen LogP contribution in [-0.2, 0) is 4.74 Å². The van der Waals surface area contributed by atoms with Crippen molar-refractivity contribution in [2.75, 3.05) is 13.2 Å². The molecule has 0 spiro atoms. The van der Waals surface area contributed by atoms with Crippen molar-refractivity contribution >= 4 is 11.3 Å². The summed E-state index contributed by atoms with van der Waals surface area (Å²) in [5, 5.41) is 3.67. The normalized spacial score (nSPS) is 21.9. The maximum Gasteiger partial charge on any atom is 0.0778 e. The van der Waals surface area contributed by atoms with Crippen LogP contribution in [0.2, 0.25) is 0 Å². The molecular weight excluding hydrogens is 230 g/mol. The first-order valence-corrected chi connectivity index (χ1v) is 7.46. The average molecular weight is 253 g/mol. The van der Waals surface area contributed by atoms with Crippen LogP contribution in [0, 0.1) is 13.8 Å². The summed E-state index contributed by atoms with van der Waals surface area (Å²) in [7, 11) is 0. The van der Waals surface area contributed by atoms with E-state index in [1.54, 1.807) is 0 Å². The second-order valence-corrected chi connectivity index (χ2v) is 6.18. The molecular formula is C14H23NOS. The van der Waals surface area contributed by atoms with E-state index in [9.17, 15) is 0 Å². The van der Waals surface area contributed by atoms with Gasteiger partial charge in [-0.1, -0.05) is 6.92 Å². The number of hydrogen-bond donors (Lipinski definition) is 1. The van der Waals surface area contributed by atoms with E-state index in [4.69, 9.17) is 4.74 Å². The molecule has 96 valence electrons. The molecule has 2 nitrogen and oxygen atoms in total. The number of nitrogens with one attached hydrogen (secondary N) is 1. The summed E-state index contributed by atoms with van der Waals surface area (Å²) in [5.74, 6) is 0. The van der Waals surface area contributed by atoms with Crippen LogP contribution in [0.3, 0.4) is 0 Å². The van der Waals surface area contributed by atoms with Gasteiger partial charge in [0.15, 0.2) is 0 Å². The standard InChI is InChI=1S/C14H23NOS/c1-4-7-15-13(12-6-5-8-16-12)14-10(2)9-11(3)17-14/h9,12-13,15H,4-8H2,1-3H3. The third-order valence-corrected chi connectivity index (χ3v) is 4.55. The van der Waals surface area contributed by atoms with Crippen LogP contribution in [0.1, 0.15) is 47.5 Å². The van der Waals surface area contributed by atoms with Crippen molar-refractivity contribution in [2.24, 2.45) is 0 Å². The van der Waals surface area contributed by atoms with Crippen molar-refractivity contribution in [3.63, 3.8) is 0 Å². The highest BCUT2D eigenvalue weighted by molar-refractivity contribution is 7.12. The predicted molar refractivity (Wildman–Crippen MR) is 73.8 cm³/mol. The molecule has 0 saturated carbocycles. The lowest BCUT2D eigenvalue weighted by Crippen LogP contribution is -2.32. The minimum absolute atomic E-state index is 0.373. The lowest BCUT2D eigenvalue weighted by atomic mass is 10.0. The van der Waals surface area contributed by atoms with Gasteiger partial charge in [-0.25, -0.2) is 0 Å². The van der Waals surface area contributed by atoms with Crippen LogP contribution < -0.4 is 5.32 Å². The van der Waals surface area contributed by atoms with E-state index >= 15 is 0 Å². The molecule has 1 aliphatic heterocycles. The van der Waals surface area contributed by atoms with Gasteiger partial charge in [0.1, 0.15) is 0 Å². The van der Waals surface area contributed by atoms with Crippen molar-refractivity contribution in [3.05, 3.63) is 21.4 Å². The Hall–Kier alpha value is -0.380. The molecule has 0 aliphatic carbocycles. The van der Waals surface area contributed by atoms with Crippen LogP contribution in [-0.4, -0.2) is 19.3 Å². The van der Waals surface area contributed by atoms with E-state index in [1.165, 1.54) is 34.6 Å². The van der Waals surface area contributed by atoms with Gasteiger partial charge in [0.25, 0.3) is 0 Å². The maximum absolute atomic E-state index is 5.87. The Morgan fingerprint density at radius 2 is 2.35 bits per heavy atom. The molecule has 1 aromatic rings. The SMILES string of the molecule is CCCNC(c1sc(C)cc1C)C1CCCO1. The zero-order chi connectivity index (χ0) is 12.3. The van der Waals surface area contributed by atoms with E-state index in [2.05, 4.69) is 32.2 Å². The van der Waals surface area contributed by atoms with E-state index in [1.807, 2.05) is 11.3 Å². The van der Waals surface area contributed by atoms with Crippen LogP contribution >= 0.6 is 11.3 Å². The fourth-order valence-electron chi connectivity index (χ4n) is 2.53. The van der Waals surface area contributed by atoms with Crippen LogP contribution in [0.15, 0.2) is 6.07 Å². The summed E-state index contributed by atoms with van der Waals surface area (Å²) in [6.07, 6.45) is 3.95. The van der Waals surface area contributed by atoms with Crippen molar-refractivity contribution < 1.29 is 4.74 Å². The highest BCUT2D eigenvalue weighted by Crippen LogP contribution is 2.34.